The minimum Gasteiger partial charge on any atom is -0.425 e. The Labute approximate surface area is 112 Å². The van der Waals surface area contributed by atoms with Crippen LogP contribution in [-0.2, 0) is 4.57 Å². The van der Waals surface area contributed by atoms with Gasteiger partial charge in [0.15, 0.2) is 0 Å². The van der Waals surface area contributed by atoms with E-state index < -0.39 is 5.92 Å². The van der Waals surface area contributed by atoms with Crippen molar-refractivity contribution in [3.05, 3.63) is 29.3 Å². The summed E-state index contributed by atoms with van der Waals surface area (Å²) < 4.78 is 17.5. The smallest absolute Gasteiger partial charge is 0.393 e. The van der Waals surface area contributed by atoms with Gasteiger partial charge in [-0.2, -0.15) is 0 Å². The van der Waals surface area contributed by atoms with Crippen molar-refractivity contribution in [2.75, 3.05) is 5.75 Å². The molecular weight excluding hydrogens is 275 g/mol. The van der Waals surface area contributed by atoms with E-state index in [1.807, 2.05) is 26.0 Å². The average Bonchev–Trinajstić information content (AvgIpc) is 2.25. The number of benzene rings is 1. The van der Waals surface area contributed by atoms with Crippen molar-refractivity contribution in [1.82, 2.24) is 0 Å². The van der Waals surface area contributed by atoms with Gasteiger partial charge in [0.1, 0.15) is 5.75 Å². The van der Waals surface area contributed by atoms with Crippen molar-refractivity contribution in [3.8, 4) is 5.75 Å². The Morgan fingerprint density at radius 3 is 2.76 bits per heavy atom. The Morgan fingerprint density at radius 2 is 2.12 bits per heavy atom. The molecule has 1 unspecified atom stereocenters. The van der Waals surface area contributed by atoms with Crippen molar-refractivity contribution >= 4 is 28.5 Å². The lowest BCUT2D eigenvalue weighted by Crippen LogP contribution is -1.90. The lowest BCUT2D eigenvalue weighted by Gasteiger charge is -2.14. The van der Waals surface area contributed by atoms with Crippen LogP contribution in [0.3, 0.4) is 0 Å². The summed E-state index contributed by atoms with van der Waals surface area (Å²) in [7, 11) is 0. The summed E-state index contributed by atoms with van der Waals surface area (Å²) in [5, 5.41) is 0. The molecule has 0 aliphatic carbocycles. The van der Waals surface area contributed by atoms with E-state index in [-0.39, 0.29) is 0 Å². The first-order chi connectivity index (χ1) is 7.96. The van der Waals surface area contributed by atoms with Crippen LogP contribution in [0.2, 0.25) is 0 Å². The van der Waals surface area contributed by atoms with Gasteiger partial charge in [0.05, 0.1) is 0 Å². The molecule has 0 saturated heterocycles. The molecule has 0 saturated carbocycles. The second kappa shape index (κ2) is 6.72. The number of hydrogen-bond donors (Lipinski definition) is 0. The molecule has 0 N–H and O–H groups in total. The van der Waals surface area contributed by atoms with E-state index in [9.17, 15) is 4.57 Å². The van der Waals surface area contributed by atoms with E-state index in [0.29, 0.717) is 5.75 Å². The van der Waals surface area contributed by atoms with Crippen LogP contribution in [0.1, 0.15) is 30.9 Å². The predicted molar refractivity (Wildman–Crippen MR) is 77.4 cm³/mol. The predicted octanol–water partition coefficient (Wildman–Crippen LogP) is 5.56. The van der Waals surface area contributed by atoms with Crippen LogP contribution in [0.25, 0.3) is 0 Å². The van der Waals surface area contributed by atoms with Crippen LogP contribution < -0.4 is 4.52 Å². The molecule has 0 aromatic heterocycles. The maximum atomic E-state index is 12.0. The zero-order valence-corrected chi connectivity index (χ0v) is 12.9. The molecule has 0 amide bonds. The third kappa shape index (κ3) is 4.95. The second-order valence-electron chi connectivity index (χ2n) is 3.91. The summed E-state index contributed by atoms with van der Waals surface area (Å²) in [6.45, 7) is 6.02. The summed E-state index contributed by atoms with van der Waals surface area (Å²) in [6.07, 6.45) is 2.06. The van der Waals surface area contributed by atoms with E-state index in [1.54, 1.807) is 6.07 Å². The molecule has 0 aliphatic rings. The minimum atomic E-state index is -3.10. The lowest BCUT2D eigenvalue weighted by molar-refractivity contribution is 0.512. The number of unbranched alkanes of at least 4 members (excludes halogenated alkanes) is 1. The van der Waals surface area contributed by atoms with Crippen LogP contribution in [0, 0.1) is 13.8 Å². The van der Waals surface area contributed by atoms with Gasteiger partial charge < -0.3 is 4.52 Å². The summed E-state index contributed by atoms with van der Waals surface area (Å²) in [6, 6.07) is 5.68. The number of rotatable bonds is 6. The first-order valence-electron chi connectivity index (χ1n) is 5.66. The molecule has 1 atom stereocenters. The van der Waals surface area contributed by atoms with Gasteiger partial charge in [0, 0.05) is 5.75 Å². The topological polar surface area (TPSA) is 26.3 Å². The van der Waals surface area contributed by atoms with E-state index in [0.717, 1.165) is 29.7 Å². The first-order valence-corrected chi connectivity index (χ1v) is 9.78. The molecule has 0 bridgehead atoms. The molecule has 0 heterocycles. The van der Waals surface area contributed by atoms with E-state index in [4.69, 9.17) is 15.8 Å². The van der Waals surface area contributed by atoms with Gasteiger partial charge in [-0.3, -0.25) is 0 Å². The maximum absolute atomic E-state index is 12.0. The number of halogens is 1. The van der Waals surface area contributed by atoms with Gasteiger partial charge in [-0.15, -0.1) is 0 Å². The third-order valence-corrected chi connectivity index (χ3v) is 6.48. The summed E-state index contributed by atoms with van der Waals surface area (Å²) in [5.74, 6) is -1.72. The molecule has 5 heteroatoms. The molecule has 17 heavy (non-hydrogen) atoms. The Bertz CT molecular complexity index is 423. The molecule has 0 spiro atoms. The monoisotopic (exact) mass is 292 g/mol. The highest BCUT2D eigenvalue weighted by atomic mass is 35.7. The van der Waals surface area contributed by atoms with Gasteiger partial charge in [0.2, 0.25) is 0 Å². The van der Waals surface area contributed by atoms with Crippen LogP contribution in [0.4, 0.5) is 0 Å². The number of hydrogen-bond acceptors (Lipinski definition) is 3. The number of aryl methyl sites for hydroxylation is 1. The molecule has 1 aromatic rings. The summed E-state index contributed by atoms with van der Waals surface area (Å²) in [4.78, 5) is 0. The van der Waals surface area contributed by atoms with Gasteiger partial charge in [-0.25, -0.2) is 4.57 Å². The highest BCUT2D eigenvalue weighted by Gasteiger charge is 2.22. The quantitative estimate of drug-likeness (QED) is 0.507. The first kappa shape index (κ1) is 14.9. The fourth-order valence-corrected chi connectivity index (χ4v) is 4.69. The average molecular weight is 293 g/mol. The summed E-state index contributed by atoms with van der Waals surface area (Å²) in [5.41, 5.74) is 2.10. The van der Waals surface area contributed by atoms with Crippen LogP contribution in [0.15, 0.2) is 18.2 Å². The Kier molecular flexibility index (Phi) is 5.91. The van der Waals surface area contributed by atoms with Gasteiger partial charge in [-0.05, 0) is 60.1 Å². The molecule has 2 nitrogen and oxygen atoms in total. The van der Waals surface area contributed by atoms with Crippen LogP contribution in [-0.4, -0.2) is 5.75 Å². The molecule has 1 aromatic carbocycles. The van der Waals surface area contributed by atoms with Crippen molar-refractivity contribution < 1.29 is 9.09 Å². The molecule has 0 radical (unpaired) electrons. The van der Waals surface area contributed by atoms with Crippen LogP contribution in [0.5, 0.6) is 5.75 Å². The third-order valence-electron chi connectivity index (χ3n) is 2.51. The maximum Gasteiger partial charge on any atom is 0.393 e. The van der Waals surface area contributed by atoms with E-state index in [1.165, 1.54) is 11.4 Å². The zero-order valence-electron chi connectivity index (χ0n) is 10.4. The van der Waals surface area contributed by atoms with E-state index >= 15 is 0 Å². The Balaban J connectivity index is 2.69. The highest BCUT2D eigenvalue weighted by molar-refractivity contribution is 8.63. The standard InChI is InChI=1S/C12H18ClO2PS/c1-4-5-9-17-16(13,14)15-12-8-6-7-10(2)11(12)3/h6-8H,4-5,9H2,1-3H3. The van der Waals surface area contributed by atoms with E-state index in [2.05, 4.69) is 6.92 Å². The Hall–Kier alpha value is -0.110. The largest absolute Gasteiger partial charge is 0.425 e. The molecule has 1 rings (SSSR count). The minimum absolute atomic E-state index is 0.618. The van der Waals surface area contributed by atoms with Crippen molar-refractivity contribution in [2.45, 2.75) is 33.6 Å². The van der Waals surface area contributed by atoms with Gasteiger partial charge in [-0.1, -0.05) is 25.5 Å². The molecule has 96 valence electrons. The Morgan fingerprint density at radius 1 is 1.41 bits per heavy atom. The van der Waals surface area contributed by atoms with Crippen molar-refractivity contribution in [1.29, 1.82) is 0 Å². The summed E-state index contributed by atoms with van der Waals surface area (Å²) >= 11 is 7.14. The second-order valence-corrected chi connectivity index (χ2v) is 9.77. The molecular formula is C12H18ClO2PS. The van der Waals surface area contributed by atoms with Gasteiger partial charge in [0.25, 0.3) is 0 Å². The van der Waals surface area contributed by atoms with Gasteiger partial charge >= 0.3 is 5.92 Å². The normalized spacial score (nSPS) is 14.4. The lowest BCUT2D eigenvalue weighted by atomic mass is 10.1. The SMILES string of the molecule is CCCCSP(=O)(Cl)Oc1cccc(C)c1C. The van der Waals surface area contributed by atoms with Crippen LogP contribution >= 0.6 is 28.5 Å². The van der Waals surface area contributed by atoms with Crippen molar-refractivity contribution in [2.24, 2.45) is 0 Å². The molecule has 0 aliphatic heterocycles. The fraction of sp³-hybridized carbons (Fsp3) is 0.500. The van der Waals surface area contributed by atoms with Crippen molar-refractivity contribution in [3.63, 3.8) is 0 Å². The highest BCUT2D eigenvalue weighted by Crippen LogP contribution is 2.64. The zero-order chi connectivity index (χ0) is 12.9. The fourth-order valence-electron chi connectivity index (χ4n) is 1.28. The molecule has 0 fully saturated rings.